The Bertz CT molecular complexity index is 1190. The van der Waals surface area contributed by atoms with Crippen LogP contribution in [-0.4, -0.2) is 15.3 Å². The molecule has 146 valence electrons. The van der Waals surface area contributed by atoms with Gasteiger partial charge in [-0.2, -0.15) is 0 Å². The van der Waals surface area contributed by atoms with E-state index in [-0.39, 0.29) is 18.9 Å². The molecule has 4 nitrogen and oxygen atoms in total. The van der Waals surface area contributed by atoms with Crippen LogP contribution >= 0.6 is 34.8 Å². The number of ether oxygens (including phenoxy) is 1. The third-order valence-electron chi connectivity index (χ3n) is 4.45. The number of hydrogen-bond donors (Lipinski definition) is 0. The fraction of sp³-hybridized carbons (Fsp3) is 0.0909. The Labute approximate surface area is 182 Å². The van der Waals surface area contributed by atoms with Crippen LogP contribution in [0.5, 0.6) is 5.75 Å². The molecule has 0 aliphatic rings. The third-order valence-corrected chi connectivity index (χ3v) is 5.23. The van der Waals surface area contributed by atoms with E-state index in [1.54, 1.807) is 42.5 Å². The molecular weight excluding hydrogens is 431 g/mol. The number of hydrogen-bond acceptors (Lipinski definition) is 3. The Hall–Kier alpha value is -2.53. The molecule has 0 aliphatic heterocycles. The highest BCUT2D eigenvalue weighted by Crippen LogP contribution is 2.28. The first-order valence-corrected chi connectivity index (χ1v) is 9.95. The number of nitrogens with zero attached hydrogens (tertiary/aromatic N) is 2. The molecule has 0 saturated carbocycles. The summed E-state index contributed by atoms with van der Waals surface area (Å²) in [6.45, 7) is 0.291. The van der Waals surface area contributed by atoms with Crippen LogP contribution in [0.2, 0.25) is 15.1 Å². The third kappa shape index (κ3) is 4.40. The Balaban J connectivity index is 1.63. The molecule has 0 atom stereocenters. The molecule has 0 fully saturated rings. The molecule has 1 heterocycles. The van der Waals surface area contributed by atoms with Crippen molar-refractivity contribution in [2.24, 2.45) is 0 Å². The monoisotopic (exact) mass is 444 g/mol. The average Bonchev–Trinajstić information content (AvgIpc) is 3.05. The molecule has 4 rings (SSSR count). The SMILES string of the molecule is O=C(Cn1c(COc2ccc(Cl)cc2Cl)nc2ccccc21)c1ccc(Cl)cc1. The van der Waals surface area contributed by atoms with Gasteiger partial charge in [0.1, 0.15) is 18.2 Å². The van der Waals surface area contributed by atoms with Crippen molar-refractivity contribution >= 4 is 51.6 Å². The molecule has 0 spiro atoms. The lowest BCUT2D eigenvalue weighted by Crippen LogP contribution is -2.14. The molecule has 3 aromatic carbocycles. The van der Waals surface area contributed by atoms with Crippen LogP contribution in [-0.2, 0) is 13.2 Å². The molecule has 0 amide bonds. The van der Waals surface area contributed by atoms with E-state index in [4.69, 9.17) is 39.5 Å². The number of aromatic nitrogens is 2. The largest absolute Gasteiger partial charge is 0.484 e. The van der Waals surface area contributed by atoms with Crippen molar-refractivity contribution in [3.8, 4) is 5.75 Å². The van der Waals surface area contributed by atoms with Crippen LogP contribution < -0.4 is 4.74 Å². The summed E-state index contributed by atoms with van der Waals surface area (Å²) < 4.78 is 7.71. The maximum absolute atomic E-state index is 12.8. The summed E-state index contributed by atoms with van der Waals surface area (Å²) in [6, 6.07) is 19.5. The second-order valence-corrected chi connectivity index (χ2v) is 7.68. The highest BCUT2D eigenvalue weighted by atomic mass is 35.5. The summed E-state index contributed by atoms with van der Waals surface area (Å²) in [4.78, 5) is 17.4. The minimum atomic E-state index is -0.0457. The molecule has 1 aromatic heterocycles. The molecule has 0 bridgehead atoms. The highest BCUT2D eigenvalue weighted by molar-refractivity contribution is 6.35. The van der Waals surface area contributed by atoms with Gasteiger partial charge in [0.05, 0.1) is 22.6 Å². The first kappa shape index (κ1) is 19.8. The summed E-state index contributed by atoms with van der Waals surface area (Å²) in [6.07, 6.45) is 0. The minimum absolute atomic E-state index is 0.0457. The summed E-state index contributed by atoms with van der Waals surface area (Å²) in [5, 5.41) is 1.53. The van der Waals surface area contributed by atoms with Crippen LogP contribution in [0.3, 0.4) is 0 Å². The van der Waals surface area contributed by atoms with E-state index in [0.29, 0.717) is 32.2 Å². The number of rotatable bonds is 6. The van der Waals surface area contributed by atoms with E-state index in [1.165, 1.54) is 0 Å². The second-order valence-electron chi connectivity index (χ2n) is 6.40. The van der Waals surface area contributed by atoms with Crippen molar-refractivity contribution in [1.82, 2.24) is 9.55 Å². The van der Waals surface area contributed by atoms with Crippen molar-refractivity contribution in [3.05, 3.63) is 93.2 Å². The number of carbonyl (C=O) groups is 1. The molecular formula is C22H15Cl3N2O2. The van der Waals surface area contributed by atoms with Gasteiger partial charge in [0.25, 0.3) is 0 Å². The van der Waals surface area contributed by atoms with Crippen LogP contribution in [0.25, 0.3) is 11.0 Å². The predicted molar refractivity (Wildman–Crippen MR) is 116 cm³/mol. The van der Waals surface area contributed by atoms with Crippen LogP contribution in [0.4, 0.5) is 0 Å². The zero-order valence-electron chi connectivity index (χ0n) is 15.1. The van der Waals surface area contributed by atoms with Gasteiger partial charge < -0.3 is 9.30 Å². The first-order valence-electron chi connectivity index (χ1n) is 8.82. The number of ketones is 1. The highest BCUT2D eigenvalue weighted by Gasteiger charge is 2.16. The molecule has 0 saturated heterocycles. The van der Waals surface area contributed by atoms with Gasteiger partial charge in [-0.05, 0) is 54.6 Å². The second kappa shape index (κ2) is 8.46. The van der Waals surface area contributed by atoms with E-state index in [0.717, 1.165) is 11.0 Å². The van der Waals surface area contributed by atoms with Crippen molar-refractivity contribution in [3.63, 3.8) is 0 Å². The quantitative estimate of drug-likeness (QED) is 0.320. The lowest BCUT2D eigenvalue weighted by molar-refractivity contribution is 0.0971. The minimum Gasteiger partial charge on any atom is -0.484 e. The van der Waals surface area contributed by atoms with E-state index >= 15 is 0 Å². The first-order chi connectivity index (χ1) is 14.0. The van der Waals surface area contributed by atoms with E-state index in [1.807, 2.05) is 28.8 Å². The topological polar surface area (TPSA) is 44.1 Å². The van der Waals surface area contributed by atoms with Gasteiger partial charge in [0, 0.05) is 15.6 Å². The van der Waals surface area contributed by atoms with Crippen molar-refractivity contribution in [2.45, 2.75) is 13.2 Å². The van der Waals surface area contributed by atoms with Gasteiger partial charge in [-0.3, -0.25) is 4.79 Å². The number of carbonyl (C=O) groups excluding carboxylic acids is 1. The van der Waals surface area contributed by atoms with Gasteiger partial charge in [-0.15, -0.1) is 0 Å². The average molecular weight is 446 g/mol. The predicted octanol–water partition coefficient (Wildman–Crippen LogP) is 6.46. The molecule has 0 N–H and O–H groups in total. The Morgan fingerprint density at radius 2 is 1.66 bits per heavy atom. The number of imidazole rings is 1. The molecule has 4 aromatic rings. The van der Waals surface area contributed by atoms with Crippen molar-refractivity contribution < 1.29 is 9.53 Å². The number of Topliss-reactive ketones (excluding diaryl/α,β-unsaturated/α-hetero) is 1. The lowest BCUT2D eigenvalue weighted by atomic mass is 10.1. The maximum Gasteiger partial charge on any atom is 0.182 e. The Morgan fingerprint density at radius 3 is 2.41 bits per heavy atom. The smallest absolute Gasteiger partial charge is 0.182 e. The van der Waals surface area contributed by atoms with Gasteiger partial charge in [0.15, 0.2) is 5.78 Å². The van der Waals surface area contributed by atoms with Gasteiger partial charge in [-0.1, -0.05) is 46.9 Å². The van der Waals surface area contributed by atoms with E-state index in [2.05, 4.69) is 4.98 Å². The van der Waals surface area contributed by atoms with E-state index < -0.39 is 0 Å². The van der Waals surface area contributed by atoms with Gasteiger partial charge in [-0.25, -0.2) is 4.98 Å². The maximum atomic E-state index is 12.8. The zero-order chi connectivity index (χ0) is 20.4. The number of benzene rings is 3. The molecule has 29 heavy (non-hydrogen) atoms. The zero-order valence-corrected chi connectivity index (χ0v) is 17.4. The van der Waals surface area contributed by atoms with Crippen LogP contribution in [0.15, 0.2) is 66.7 Å². The van der Waals surface area contributed by atoms with Gasteiger partial charge in [0.2, 0.25) is 0 Å². The Kier molecular flexibility index (Phi) is 5.76. The molecule has 0 unspecified atom stereocenters. The van der Waals surface area contributed by atoms with Gasteiger partial charge >= 0.3 is 0 Å². The summed E-state index contributed by atoms with van der Waals surface area (Å²) in [7, 11) is 0. The standard InChI is InChI=1S/C22H15Cl3N2O2/c23-15-7-5-14(6-8-15)20(28)12-27-19-4-2-1-3-18(19)26-22(27)13-29-21-10-9-16(24)11-17(21)25/h1-11H,12-13H2. The summed E-state index contributed by atoms with van der Waals surface area (Å²) in [5.41, 5.74) is 2.23. The molecule has 7 heteroatoms. The summed E-state index contributed by atoms with van der Waals surface area (Å²) in [5.74, 6) is 1.08. The lowest BCUT2D eigenvalue weighted by Gasteiger charge is -2.11. The van der Waals surface area contributed by atoms with Crippen LogP contribution in [0.1, 0.15) is 16.2 Å². The normalized spacial score (nSPS) is 11.0. The molecule has 0 radical (unpaired) electrons. The van der Waals surface area contributed by atoms with Crippen molar-refractivity contribution in [2.75, 3.05) is 0 Å². The Morgan fingerprint density at radius 1 is 0.931 bits per heavy atom. The number of halogens is 3. The fourth-order valence-corrected chi connectivity index (χ4v) is 3.61. The van der Waals surface area contributed by atoms with E-state index in [9.17, 15) is 4.79 Å². The van der Waals surface area contributed by atoms with Crippen LogP contribution in [0, 0.1) is 0 Å². The number of para-hydroxylation sites is 2. The number of fused-ring (bicyclic) bond motifs is 1. The summed E-state index contributed by atoms with van der Waals surface area (Å²) >= 11 is 18.0. The molecule has 0 aliphatic carbocycles. The van der Waals surface area contributed by atoms with Crippen molar-refractivity contribution in [1.29, 1.82) is 0 Å². The fourth-order valence-electron chi connectivity index (χ4n) is 3.02.